The van der Waals surface area contributed by atoms with Crippen molar-refractivity contribution in [3.63, 3.8) is 0 Å². The van der Waals surface area contributed by atoms with Crippen molar-refractivity contribution in [2.45, 2.75) is 6.92 Å². The molecule has 3 aromatic carbocycles. The Morgan fingerprint density at radius 2 is 1.60 bits per heavy atom. The van der Waals surface area contributed by atoms with Gasteiger partial charge >= 0.3 is 11.9 Å². The monoisotopic (exact) mass is 334 g/mol. The van der Waals surface area contributed by atoms with E-state index < -0.39 is 11.9 Å². The molecule has 0 saturated carbocycles. The molecule has 0 aliphatic rings. The number of aryl methyl sites for hydroxylation is 1. The van der Waals surface area contributed by atoms with Crippen LogP contribution < -0.4 is 0 Å². The fraction of sp³-hybridized carbons (Fsp3) is 0.0476. The first kappa shape index (κ1) is 17.9. The first-order valence-corrected chi connectivity index (χ1v) is 7.61. The van der Waals surface area contributed by atoms with Gasteiger partial charge in [-0.25, -0.2) is 9.59 Å². The Hall–Kier alpha value is -3.40. The highest BCUT2D eigenvalue weighted by atomic mass is 16.4. The van der Waals surface area contributed by atoms with Crippen molar-refractivity contribution in [3.8, 4) is 0 Å². The second-order valence-electron chi connectivity index (χ2n) is 5.41. The normalized spacial score (nSPS) is 9.80. The molecule has 0 saturated heterocycles. The zero-order valence-electron chi connectivity index (χ0n) is 13.8. The molecule has 4 nitrogen and oxygen atoms in total. The van der Waals surface area contributed by atoms with Crippen LogP contribution in [0.15, 0.2) is 67.2 Å². The van der Waals surface area contributed by atoms with E-state index in [9.17, 15) is 9.59 Å². The van der Waals surface area contributed by atoms with E-state index in [-0.39, 0.29) is 11.1 Å². The summed E-state index contributed by atoms with van der Waals surface area (Å²) in [6.07, 6.45) is 1.89. The zero-order valence-corrected chi connectivity index (χ0v) is 13.8. The lowest BCUT2D eigenvalue weighted by Gasteiger charge is -2.01. The van der Waals surface area contributed by atoms with Gasteiger partial charge in [0.05, 0.1) is 11.1 Å². The van der Waals surface area contributed by atoms with E-state index in [0.29, 0.717) is 5.56 Å². The van der Waals surface area contributed by atoms with E-state index in [1.54, 1.807) is 6.92 Å². The lowest BCUT2D eigenvalue weighted by molar-refractivity contribution is 0.0695. The highest BCUT2D eigenvalue weighted by Crippen LogP contribution is 2.18. The molecule has 0 aliphatic carbocycles. The van der Waals surface area contributed by atoms with Gasteiger partial charge in [0, 0.05) is 0 Å². The second kappa shape index (κ2) is 7.93. The van der Waals surface area contributed by atoms with Crippen LogP contribution in [-0.2, 0) is 0 Å². The maximum atomic E-state index is 10.6. The van der Waals surface area contributed by atoms with Gasteiger partial charge in [-0.2, -0.15) is 0 Å². The van der Waals surface area contributed by atoms with Gasteiger partial charge in [0.15, 0.2) is 0 Å². The van der Waals surface area contributed by atoms with Crippen LogP contribution in [0.3, 0.4) is 0 Å². The Kier molecular flexibility index (Phi) is 5.69. The van der Waals surface area contributed by atoms with Crippen LogP contribution in [0, 0.1) is 6.92 Å². The lowest BCUT2D eigenvalue weighted by Crippen LogP contribution is -2.03. The average Bonchev–Trinajstić information content (AvgIpc) is 2.61. The number of rotatable bonds is 3. The minimum Gasteiger partial charge on any atom is -0.478 e. The molecule has 0 fully saturated rings. The lowest BCUT2D eigenvalue weighted by atomic mass is 10.1. The highest BCUT2D eigenvalue weighted by Gasteiger charge is 2.10. The van der Waals surface area contributed by atoms with Gasteiger partial charge in [0.2, 0.25) is 0 Å². The number of hydrogen-bond donors (Lipinski definition) is 2. The number of carboxylic acids is 2. The fourth-order valence-electron chi connectivity index (χ4n) is 2.41. The van der Waals surface area contributed by atoms with Crippen LogP contribution in [0.5, 0.6) is 0 Å². The van der Waals surface area contributed by atoms with E-state index in [2.05, 4.69) is 49.0 Å². The van der Waals surface area contributed by atoms with Gasteiger partial charge in [-0.15, -0.1) is 0 Å². The van der Waals surface area contributed by atoms with Crippen LogP contribution in [0.4, 0.5) is 0 Å². The minimum atomic E-state index is -1.12. The third-order valence-corrected chi connectivity index (χ3v) is 3.76. The smallest absolute Gasteiger partial charge is 0.335 e. The van der Waals surface area contributed by atoms with Crippen LogP contribution in [-0.4, -0.2) is 22.2 Å². The molecular formula is C21H18O4. The molecule has 0 heterocycles. The standard InChI is InChI=1S/C12H10.C9H8O4/c1-2-10-7-5-8-11-6-3-4-9-12(10)11;1-5-2-3-6(8(10)11)4-7(5)9(12)13/h2-9H,1H2;2-4H,1H3,(H,10,11)(H,12,13). The molecule has 0 spiro atoms. The van der Waals surface area contributed by atoms with E-state index in [4.69, 9.17) is 10.2 Å². The van der Waals surface area contributed by atoms with Crippen LogP contribution in [0.25, 0.3) is 16.8 Å². The van der Waals surface area contributed by atoms with Gasteiger partial charge in [-0.05, 0) is 41.0 Å². The molecule has 0 radical (unpaired) electrons. The topological polar surface area (TPSA) is 74.6 Å². The van der Waals surface area contributed by atoms with Crippen molar-refractivity contribution >= 4 is 28.8 Å². The van der Waals surface area contributed by atoms with Crippen molar-refractivity contribution in [1.29, 1.82) is 0 Å². The third kappa shape index (κ3) is 4.32. The summed E-state index contributed by atoms with van der Waals surface area (Å²) in [5.41, 5.74) is 1.77. The second-order valence-corrected chi connectivity index (χ2v) is 5.41. The number of aromatic carboxylic acids is 2. The highest BCUT2D eigenvalue weighted by molar-refractivity contribution is 5.94. The summed E-state index contributed by atoms with van der Waals surface area (Å²) in [4.78, 5) is 21.1. The molecule has 0 bridgehead atoms. The molecule has 0 aliphatic heterocycles. The molecule has 25 heavy (non-hydrogen) atoms. The minimum absolute atomic E-state index is 0.0111. The summed E-state index contributed by atoms with van der Waals surface area (Å²) in [6, 6.07) is 18.6. The van der Waals surface area contributed by atoms with Crippen LogP contribution in [0.1, 0.15) is 31.8 Å². The first-order chi connectivity index (χ1) is 11.9. The Labute approximate surface area is 145 Å². The van der Waals surface area contributed by atoms with Crippen molar-refractivity contribution < 1.29 is 19.8 Å². The molecule has 0 unspecified atom stereocenters. The zero-order chi connectivity index (χ0) is 18.4. The number of hydrogen-bond acceptors (Lipinski definition) is 2. The number of carboxylic acid groups (broad SMARTS) is 2. The molecule has 2 N–H and O–H groups in total. The Balaban J connectivity index is 0.000000181. The summed E-state index contributed by atoms with van der Waals surface area (Å²) in [5.74, 6) is -2.23. The fourth-order valence-corrected chi connectivity index (χ4v) is 2.41. The van der Waals surface area contributed by atoms with Gasteiger partial charge in [0.1, 0.15) is 0 Å². The molecule has 126 valence electrons. The molecule has 3 rings (SSSR count). The van der Waals surface area contributed by atoms with Crippen molar-refractivity contribution in [2.75, 3.05) is 0 Å². The van der Waals surface area contributed by atoms with Gasteiger partial charge in [-0.3, -0.25) is 0 Å². The third-order valence-electron chi connectivity index (χ3n) is 3.76. The summed E-state index contributed by atoms with van der Waals surface area (Å²) >= 11 is 0. The molecule has 3 aromatic rings. The quantitative estimate of drug-likeness (QED) is 0.716. The Morgan fingerprint density at radius 1 is 0.920 bits per heavy atom. The van der Waals surface area contributed by atoms with Crippen LogP contribution in [0.2, 0.25) is 0 Å². The predicted octanol–water partition coefficient (Wildman–Crippen LogP) is 4.87. The van der Waals surface area contributed by atoms with E-state index in [1.807, 2.05) is 6.08 Å². The Morgan fingerprint density at radius 3 is 2.24 bits per heavy atom. The summed E-state index contributed by atoms with van der Waals surface area (Å²) in [6.45, 7) is 5.40. The SMILES string of the molecule is C=Cc1cccc2ccccc12.Cc1ccc(C(=O)O)cc1C(=O)O. The van der Waals surface area contributed by atoms with Gasteiger partial charge < -0.3 is 10.2 Å². The van der Waals surface area contributed by atoms with Crippen molar-refractivity contribution in [3.05, 3.63) is 89.5 Å². The maximum absolute atomic E-state index is 10.6. The molecule has 4 heteroatoms. The largest absolute Gasteiger partial charge is 0.478 e. The summed E-state index contributed by atoms with van der Waals surface area (Å²) in [5, 5.41) is 19.8. The Bertz CT molecular complexity index is 936. The molecule has 0 atom stereocenters. The van der Waals surface area contributed by atoms with E-state index >= 15 is 0 Å². The number of fused-ring (bicyclic) bond motifs is 1. The van der Waals surface area contributed by atoms with Crippen molar-refractivity contribution in [2.24, 2.45) is 0 Å². The average molecular weight is 334 g/mol. The van der Waals surface area contributed by atoms with Gasteiger partial charge in [-0.1, -0.05) is 61.2 Å². The first-order valence-electron chi connectivity index (χ1n) is 7.61. The summed E-state index contributed by atoms with van der Waals surface area (Å²) in [7, 11) is 0. The molecule has 0 aromatic heterocycles. The molecule has 0 amide bonds. The van der Waals surface area contributed by atoms with Crippen LogP contribution >= 0.6 is 0 Å². The maximum Gasteiger partial charge on any atom is 0.335 e. The van der Waals surface area contributed by atoms with E-state index in [0.717, 1.165) is 6.07 Å². The van der Waals surface area contributed by atoms with Gasteiger partial charge in [0.25, 0.3) is 0 Å². The molecular weight excluding hydrogens is 316 g/mol. The summed E-state index contributed by atoms with van der Waals surface area (Å²) < 4.78 is 0. The number of benzene rings is 3. The number of carbonyl (C=O) groups is 2. The van der Waals surface area contributed by atoms with E-state index in [1.165, 1.54) is 28.5 Å². The predicted molar refractivity (Wildman–Crippen MR) is 99.1 cm³/mol. The van der Waals surface area contributed by atoms with Crippen molar-refractivity contribution in [1.82, 2.24) is 0 Å².